The lowest BCUT2D eigenvalue weighted by Crippen LogP contribution is -2.22. The van der Waals surface area contributed by atoms with Gasteiger partial charge in [0.15, 0.2) is 5.16 Å². The molecule has 0 spiro atoms. The summed E-state index contributed by atoms with van der Waals surface area (Å²) in [5, 5.41) is 1.21. The summed E-state index contributed by atoms with van der Waals surface area (Å²) in [6, 6.07) is 13.5. The molecular formula is C22H13ClF2N4OS. The van der Waals surface area contributed by atoms with E-state index < -0.39 is 17.2 Å². The number of pyridine rings is 1. The number of benzene rings is 2. The second kappa shape index (κ2) is 7.79. The molecule has 0 aliphatic rings. The minimum Gasteiger partial charge on any atom is -0.305 e. The average molecular weight is 455 g/mol. The molecule has 0 atom stereocenters. The Bertz CT molecular complexity index is 1520. The fourth-order valence-corrected chi connectivity index (χ4v) is 4.37. The van der Waals surface area contributed by atoms with Crippen molar-refractivity contribution < 1.29 is 8.78 Å². The summed E-state index contributed by atoms with van der Waals surface area (Å²) in [7, 11) is 0. The number of fused-ring (bicyclic) bond motifs is 2. The molecule has 3 heterocycles. The van der Waals surface area contributed by atoms with Gasteiger partial charge in [0.25, 0.3) is 5.56 Å². The van der Waals surface area contributed by atoms with Crippen molar-refractivity contribution in [3.63, 3.8) is 0 Å². The molecule has 0 unspecified atom stereocenters. The molecule has 0 saturated carbocycles. The molecule has 0 radical (unpaired) electrons. The third-order valence-electron chi connectivity index (χ3n) is 4.71. The summed E-state index contributed by atoms with van der Waals surface area (Å²) >= 11 is 7.26. The zero-order valence-corrected chi connectivity index (χ0v) is 17.4. The number of halogens is 3. The summed E-state index contributed by atoms with van der Waals surface area (Å²) in [5.74, 6) is -1.18. The lowest BCUT2D eigenvalue weighted by molar-refractivity contribution is 0.572. The van der Waals surface area contributed by atoms with Gasteiger partial charge >= 0.3 is 0 Å². The van der Waals surface area contributed by atoms with Crippen LogP contribution in [-0.2, 0) is 5.75 Å². The average Bonchev–Trinajstić information content (AvgIpc) is 3.15. The Kier molecular flexibility index (Phi) is 4.95. The van der Waals surface area contributed by atoms with Crippen molar-refractivity contribution >= 4 is 39.9 Å². The van der Waals surface area contributed by atoms with E-state index in [1.165, 1.54) is 22.4 Å². The van der Waals surface area contributed by atoms with Crippen LogP contribution < -0.4 is 5.56 Å². The molecule has 5 rings (SSSR count). The van der Waals surface area contributed by atoms with Crippen molar-refractivity contribution in [3.8, 4) is 5.69 Å². The molecule has 0 fully saturated rings. The molecule has 31 heavy (non-hydrogen) atoms. The van der Waals surface area contributed by atoms with Crippen molar-refractivity contribution in [2.45, 2.75) is 10.9 Å². The van der Waals surface area contributed by atoms with Gasteiger partial charge in [-0.15, -0.1) is 0 Å². The van der Waals surface area contributed by atoms with Gasteiger partial charge < -0.3 is 4.40 Å². The summed E-state index contributed by atoms with van der Waals surface area (Å²) < 4.78 is 31.0. The van der Waals surface area contributed by atoms with Gasteiger partial charge in [0.1, 0.15) is 17.3 Å². The van der Waals surface area contributed by atoms with Gasteiger partial charge in [0, 0.05) is 24.2 Å². The summed E-state index contributed by atoms with van der Waals surface area (Å²) in [4.78, 5) is 22.3. The van der Waals surface area contributed by atoms with Gasteiger partial charge in [-0.25, -0.2) is 18.7 Å². The Morgan fingerprint density at radius 2 is 1.84 bits per heavy atom. The lowest BCUT2D eigenvalue weighted by atomic mass is 10.2. The van der Waals surface area contributed by atoms with Crippen LogP contribution in [0.25, 0.3) is 22.2 Å². The minimum absolute atomic E-state index is 0.0612. The Hall–Kier alpha value is -3.23. The zero-order chi connectivity index (χ0) is 21.5. The van der Waals surface area contributed by atoms with Crippen LogP contribution in [0.2, 0.25) is 5.02 Å². The van der Waals surface area contributed by atoms with Gasteiger partial charge in [-0.1, -0.05) is 35.5 Å². The molecule has 0 bridgehead atoms. The van der Waals surface area contributed by atoms with Crippen LogP contribution in [0, 0.1) is 11.6 Å². The fourth-order valence-electron chi connectivity index (χ4n) is 3.31. The first-order chi connectivity index (χ1) is 15.0. The van der Waals surface area contributed by atoms with E-state index in [9.17, 15) is 13.6 Å². The number of imidazole rings is 1. The predicted octanol–water partition coefficient (Wildman–Crippen LogP) is 5.26. The second-order valence-electron chi connectivity index (χ2n) is 6.78. The number of rotatable bonds is 4. The van der Waals surface area contributed by atoms with E-state index in [0.717, 1.165) is 23.5 Å². The molecule has 0 saturated heterocycles. The number of aromatic nitrogens is 4. The first kappa shape index (κ1) is 19.7. The van der Waals surface area contributed by atoms with Crippen molar-refractivity contribution in [1.29, 1.82) is 0 Å². The topological polar surface area (TPSA) is 52.2 Å². The van der Waals surface area contributed by atoms with Crippen molar-refractivity contribution in [1.82, 2.24) is 18.9 Å². The highest BCUT2D eigenvalue weighted by molar-refractivity contribution is 7.98. The smallest absolute Gasteiger partial charge is 0.266 e. The number of para-hydroxylation sites is 1. The van der Waals surface area contributed by atoms with Crippen LogP contribution in [0.3, 0.4) is 0 Å². The van der Waals surface area contributed by atoms with Gasteiger partial charge in [0.05, 0.1) is 27.3 Å². The molecule has 154 valence electrons. The first-order valence-corrected chi connectivity index (χ1v) is 10.6. The van der Waals surface area contributed by atoms with Crippen LogP contribution in [0.5, 0.6) is 0 Å². The number of hydrogen-bond acceptors (Lipinski definition) is 4. The number of hydrogen-bond donors (Lipinski definition) is 0. The van der Waals surface area contributed by atoms with Crippen molar-refractivity contribution in [2.24, 2.45) is 0 Å². The van der Waals surface area contributed by atoms with E-state index in [1.807, 2.05) is 6.20 Å². The standard InChI is InChI=1S/C22H13ClF2N4OS/c23-13-5-8-20-26-15(11-28(20)10-13)12-31-22-27-18-4-2-1-3-16(18)21(30)29(22)19-7-6-14(24)9-17(19)25/h1-11H,12H2. The van der Waals surface area contributed by atoms with Crippen LogP contribution in [0.1, 0.15) is 5.69 Å². The lowest BCUT2D eigenvalue weighted by Gasteiger charge is -2.13. The maximum Gasteiger partial charge on any atom is 0.266 e. The van der Waals surface area contributed by atoms with Crippen LogP contribution >= 0.6 is 23.4 Å². The number of thioether (sulfide) groups is 1. The van der Waals surface area contributed by atoms with E-state index in [-0.39, 0.29) is 10.8 Å². The summed E-state index contributed by atoms with van der Waals surface area (Å²) in [5.41, 5.74) is 1.47. The van der Waals surface area contributed by atoms with Gasteiger partial charge in [-0.3, -0.25) is 9.36 Å². The van der Waals surface area contributed by atoms with Crippen molar-refractivity contribution in [2.75, 3.05) is 0 Å². The van der Waals surface area contributed by atoms with Crippen LogP contribution in [0.4, 0.5) is 8.78 Å². The Balaban J connectivity index is 1.61. The second-order valence-corrected chi connectivity index (χ2v) is 8.16. The quantitative estimate of drug-likeness (QED) is 0.274. The molecule has 9 heteroatoms. The van der Waals surface area contributed by atoms with E-state index >= 15 is 0 Å². The molecule has 0 N–H and O–H groups in total. The highest BCUT2D eigenvalue weighted by Crippen LogP contribution is 2.26. The van der Waals surface area contributed by atoms with Crippen LogP contribution in [-0.4, -0.2) is 18.9 Å². The largest absolute Gasteiger partial charge is 0.305 e. The fraction of sp³-hybridized carbons (Fsp3) is 0.0455. The highest BCUT2D eigenvalue weighted by Gasteiger charge is 2.17. The van der Waals surface area contributed by atoms with Crippen LogP contribution in [0.15, 0.2) is 76.9 Å². The molecule has 5 nitrogen and oxygen atoms in total. The van der Waals surface area contributed by atoms with E-state index in [4.69, 9.17) is 11.6 Å². The first-order valence-electron chi connectivity index (χ1n) is 9.23. The molecule has 3 aromatic heterocycles. The maximum absolute atomic E-state index is 14.6. The normalized spacial score (nSPS) is 11.5. The van der Waals surface area contributed by atoms with Gasteiger partial charge in [-0.2, -0.15) is 0 Å². The van der Waals surface area contributed by atoms with Gasteiger partial charge in [-0.05, 0) is 36.4 Å². The highest BCUT2D eigenvalue weighted by atomic mass is 35.5. The Labute approximate surface area is 183 Å². The molecule has 0 amide bonds. The van der Waals surface area contributed by atoms with E-state index in [2.05, 4.69) is 9.97 Å². The Morgan fingerprint density at radius 3 is 2.68 bits per heavy atom. The molecule has 0 aliphatic heterocycles. The molecule has 2 aromatic carbocycles. The minimum atomic E-state index is -0.844. The van der Waals surface area contributed by atoms with Crippen molar-refractivity contribution in [3.05, 3.63) is 99.7 Å². The Morgan fingerprint density at radius 1 is 1.00 bits per heavy atom. The predicted molar refractivity (Wildman–Crippen MR) is 117 cm³/mol. The summed E-state index contributed by atoms with van der Waals surface area (Å²) in [6.07, 6.45) is 3.58. The SMILES string of the molecule is O=c1c2ccccc2nc(SCc2cn3cc(Cl)ccc3n2)n1-c1ccc(F)cc1F. The van der Waals surface area contributed by atoms with E-state index in [0.29, 0.717) is 21.7 Å². The summed E-state index contributed by atoms with van der Waals surface area (Å²) in [6.45, 7) is 0. The number of nitrogens with zero attached hydrogens (tertiary/aromatic N) is 4. The zero-order valence-electron chi connectivity index (χ0n) is 15.8. The third-order valence-corrected chi connectivity index (χ3v) is 5.91. The van der Waals surface area contributed by atoms with E-state index in [1.54, 1.807) is 47.0 Å². The molecule has 5 aromatic rings. The monoisotopic (exact) mass is 454 g/mol. The molecule has 0 aliphatic carbocycles. The molecular weight excluding hydrogens is 442 g/mol. The van der Waals surface area contributed by atoms with Gasteiger partial charge in [0.2, 0.25) is 0 Å². The maximum atomic E-state index is 14.6. The third kappa shape index (κ3) is 3.68.